The molecule has 1 aromatic heterocycles. The molecule has 2 aromatic carbocycles. The molecule has 0 bridgehead atoms. The van der Waals surface area contributed by atoms with Crippen LogP contribution in [-0.2, 0) is 0 Å². The summed E-state index contributed by atoms with van der Waals surface area (Å²) in [5, 5.41) is 4.15. The number of fused-ring (bicyclic) bond motifs is 1. The number of aromatic nitrogens is 2. The minimum Gasteiger partial charge on any atom is -0.497 e. The van der Waals surface area contributed by atoms with Crippen LogP contribution in [0.1, 0.15) is 22.8 Å². The van der Waals surface area contributed by atoms with Crippen molar-refractivity contribution in [3.05, 3.63) is 59.9 Å². The molecular formula is C17H16N4O2. The van der Waals surface area contributed by atoms with Crippen molar-refractivity contribution in [2.24, 2.45) is 5.10 Å². The normalized spacial score (nSPS) is 11.5. The van der Waals surface area contributed by atoms with E-state index >= 15 is 0 Å². The van der Waals surface area contributed by atoms with Crippen LogP contribution in [0.3, 0.4) is 0 Å². The molecule has 116 valence electrons. The maximum Gasteiger partial charge on any atom is 0.271 e. The second-order valence-corrected chi connectivity index (χ2v) is 5.00. The van der Waals surface area contributed by atoms with Crippen molar-refractivity contribution in [1.29, 1.82) is 0 Å². The third-order valence-corrected chi connectivity index (χ3v) is 3.50. The van der Waals surface area contributed by atoms with E-state index in [1.807, 2.05) is 31.2 Å². The van der Waals surface area contributed by atoms with Gasteiger partial charge in [-0.2, -0.15) is 5.10 Å². The van der Waals surface area contributed by atoms with Gasteiger partial charge in [0.05, 0.1) is 30.2 Å². The summed E-state index contributed by atoms with van der Waals surface area (Å²) < 4.78 is 5.18. The predicted octanol–water partition coefficient (Wildman–Crippen LogP) is 2.73. The molecule has 0 saturated heterocycles. The number of nitrogens with one attached hydrogen (secondary N) is 2. The number of amides is 1. The van der Waals surface area contributed by atoms with E-state index in [-0.39, 0.29) is 5.91 Å². The second-order valence-electron chi connectivity index (χ2n) is 5.00. The number of rotatable bonds is 4. The van der Waals surface area contributed by atoms with Crippen molar-refractivity contribution in [1.82, 2.24) is 15.4 Å². The quantitative estimate of drug-likeness (QED) is 0.574. The number of carbonyl (C=O) groups is 1. The van der Waals surface area contributed by atoms with Crippen molar-refractivity contribution in [2.45, 2.75) is 6.92 Å². The number of hydrogen-bond acceptors (Lipinski definition) is 4. The first kappa shape index (κ1) is 14.8. The Morgan fingerprint density at radius 3 is 2.91 bits per heavy atom. The van der Waals surface area contributed by atoms with Crippen LogP contribution in [0.25, 0.3) is 11.0 Å². The van der Waals surface area contributed by atoms with Crippen LogP contribution in [0.4, 0.5) is 0 Å². The van der Waals surface area contributed by atoms with Gasteiger partial charge in [0.25, 0.3) is 5.91 Å². The number of hydrogen-bond donors (Lipinski definition) is 2. The average molecular weight is 308 g/mol. The Balaban J connectivity index is 1.76. The molecule has 0 atom stereocenters. The Morgan fingerprint density at radius 1 is 1.22 bits per heavy atom. The van der Waals surface area contributed by atoms with E-state index in [2.05, 4.69) is 20.5 Å². The highest BCUT2D eigenvalue weighted by molar-refractivity contribution is 6.01. The molecule has 0 unspecified atom stereocenters. The second kappa shape index (κ2) is 6.31. The molecule has 23 heavy (non-hydrogen) atoms. The lowest BCUT2D eigenvalue weighted by Crippen LogP contribution is -2.19. The molecule has 0 fully saturated rings. The predicted molar refractivity (Wildman–Crippen MR) is 88.8 cm³/mol. The first-order valence-electron chi connectivity index (χ1n) is 7.09. The molecule has 3 aromatic rings. The largest absolute Gasteiger partial charge is 0.497 e. The van der Waals surface area contributed by atoms with E-state index in [4.69, 9.17) is 4.74 Å². The summed E-state index contributed by atoms with van der Waals surface area (Å²) in [6, 6.07) is 12.8. The van der Waals surface area contributed by atoms with Gasteiger partial charge in [-0.25, -0.2) is 10.4 Å². The van der Waals surface area contributed by atoms with Crippen molar-refractivity contribution in [2.75, 3.05) is 7.11 Å². The van der Waals surface area contributed by atoms with Gasteiger partial charge >= 0.3 is 0 Å². The maximum atomic E-state index is 12.2. The number of H-pyrrole nitrogens is 1. The molecule has 0 radical (unpaired) electrons. The molecule has 0 spiro atoms. The third-order valence-electron chi connectivity index (χ3n) is 3.50. The number of nitrogens with zero attached hydrogens (tertiary/aromatic N) is 2. The van der Waals surface area contributed by atoms with E-state index in [0.717, 1.165) is 22.3 Å². The average Bonchev–Trinajstić information content (AvgIpc) is 3.07. The van der Waals surface area contributed by atoms with E-state index < -0.39 is 0 Å². The van der Waals surface area contributed by atoms with Gasteiger partial charge in [0, 0.05) is 11.1 Å². The van der Waals surface area contributed by atoms with Crippen molar-refractivity contribution in [3.63, 3.8) is 0 Å². The van der Waals surface area contributed by atoms with Gasteiger partial charge in [0.1, 0.15) is 5.75 Å². The number of imidazole rings is 1. The fourth-order valence-electron chi connectivity index (χ4n) is 2.19. The van der Waals surface area contributed by atoms with Crippen LogP contribution in [0.15, 0.2) is 53.9 Å². The van der Waals surface area contributed by atoms with Gasteiger partial charge in [0.2, 0.25) is 0 Å². The van der Waals surface area contributed by atoms with Crippen molar-refractivity contribution in [3.8, 4) is 5.75 Å². The van der Waals surface area contributed by atoms with Crippen molar-refractivity contribution < 1.29 is 9.53 Å². The lowest BCUT2D eigenvalue weighted by molar-refractivity contribution is 0.0955. The van der Waals surface area contributed by atoms with Crippen LogP contribution >= 0.6 is 0 Å². The summed E-state index contributed by atoms with van der Waals surface area (Å²) in [5.74, 6) is 0.469. The highest BCUT2D eigenvalue weighted by Gasteiger charge is 2.07. The topological polar surface area (TPSA) is 79.4 Å². The minimum absolute atomic E-state index is 0.274. The fourth-order valence-corrected chi connectivity index (χ4v) is 2.19. The SMILES string of the molecule is COc1cccc(/C(C)=N/NC(=O)c2ccc3nc[nH]c3c2)c1. The first-order chi connectivity index (χ1) is 11.2. The minimum atomic E-state index is -0.274. The Labute approximate surface area is 133 Å². The summed E-state index contributed by atoms with van der Waals surface area (Å²) in [5.41, 5.74) is 6.29. The van der Waals surface area contributed by atoms with Crippen LogP contribution in [0.5, 0.6) is 5.75 Å². The van der Waals surface area contributed by atoms with Crippen LogP contribution < -0.4 is 10.2 Å². The van der Waals surface area contributed by atoms with E-state index in [0.29, 0.717) is 11.3 Å². The van der Waals surface area contributed by atoms with Crippen molar-refractivity contribution >= 4 is 22.7 Å². The molecule has 1 amide bonds. The zero-order chi connectivity index (χ0) is 16.2. The number of carbonyl (C=O) groups excluding carboxylic acids is 1. The van der Waals surface area contributed by atoms with Gasteiger partial charge in [-0.3, -0.25) is 4.79 Å². The molecule has 1 heterocycles. The molecule has 0 aliphatic rings. The molecule has 0 aliphatic carbocycles. The Kier molecular flexibility index (Phi) is 4.05. The Morgan fingerprint density at radius 2 is 2.09 bits per heavy atom. The maximum absolute atomic E-state index is 12.2. The van der Waals surface area contributed by atoms with Gasteiger partial charge in [-0.15, -0.1) is 0 Å². The molecule has 0 aliphatic heterocycles. The number of benzene rings is 2. The van der Waals surface area contributed by atoms with Gasteiger partial charge < -0.3 is 9.72 Å². The summed E-state index contributed by atoms with van der Waals surface area (Å²) in [6.07, 6.45) is 1.59. The number of aromatic amines is 1. The smallest absolute Gasteiger partial charge is 0.271 e. The van der Waals surface area contributed by atoms with Gasteiger partial charge in [0.15, 0.2) is 0 Å². The summed E-state index contributed by atoms with van der Waals surface area (Å²) in [4.78, 5) is 19.3. The molecule has 6 heteroatoms. The molecule has 3 rings (SSSR count). The standard InChI is InChI=1S/C17H16N4O2/c1-11(12-4-3-5-14(8-12)23-2)20-21-17(22)13-6-7-15-16(9-13)19-10-18-15/h3-10H,1-2H3,(H,18,19)(H,21,22)/b20-11+. The molecule has 0 saturated carbocycles. The highest BCUT2D eigenvalue weighted by Crippen LogP contribution is 2.14. The summed E-state index contributed by atoms with van der Waals surface area (Å²) >= 11 is 0. The number of hydrazone groups is 1. The van der Waals surface area contributed by atoms with Crippen LogP contribution in [-0.4, -0.2) is 28.7 Å². The van der Waals surface area contributed by atoms with E-state index in [1.165, 1.54) is 0 Å². The van der Waals surface area contributed by atoms with Crippen LogP contribution in [0.2, 0.25) is 0 Å². The fraction of sp³-hybridized carbons (Fsp3) is 0.118. The molecular weight excluding hydrogens is 292 g/mol. The van der Waals surface area contributed by atoms with Gasteiger partial charge in [-0.05, 0) is 37.3 Å². The molecule has 6 nitrogen and oxygen atoms in total. The van der Waals surface area contributed by atoms with E-state index in [9.17, 15) is 4.79 Å². The van der Waals surface area contributed by atoms with Crippen LogP contribution in [0, 0.1) is 0 Å². The third kappa shape index (κ3) is 3.21. The highest BCUT2D eigenvalue weighted by atomic mass is 16.5. The monoisotopic (exact) mass is 308 g/mol. The summed E-state index contributed by atoms with van der Waals surface area (Å²) in [7, 11) is 1.61. The lowest BCUT2D eigenvalue weighted by atomic mass is 10.1. The summed E-state index contributed by atoms with van der Waals surface area (Å²) in [6.45, 7) is 1.83. The number of ether oxygens (including phenoxy) is 1. The first-order valence-corrected chi connectivity index (χ1v) is 7.09. The zero-order valence-electron chi connectivity index (χ0n) is 12.8. The molecule has 2 N–H and O–H groups in total. The Bertz CT molecular complexity index is 883. The Hall–Kier alpha value is -3.15. The lowest BCUT2D eigenvalue weighted by Gasteiger charge is -2.05. The zero-order valence-corrected chi connectivity index (χ0v) is 12.8. The van der Waals surface area contributed by atoms with E-state index in [1.54, 1.807) is 31.6 Å². The number of methoxy groups -OCH3 is 1. The van der Waals surface area contributed by atoms with Gasteiger partial charge in [-0.1, -0.05) is 12.1 Å².